The summed E-state index contributed by atoms with van der Waals surface area (Å²) in [4.78, 5) is 22.6. The molecular formula is C17H24N4O2. The topological polar surface area (TPSA) is 60.2 Å². The van der Waals surface area contributed by atoms with Crippen molar-refractivity contribution in [1.82, 2.24) is 19.4 Å². The van der Waals surface area contributed by atoms with Gasteiger partial charge in [-0.2, -0.15) is 0 Å². The Labute approximate surface area is 136 Å². The first-order valence-electron chi connectivity index (χ1n) is 8.11. The van der Waals surface area contributed by atoms with E-state index in [-0.39, 0.29) is 6.09 Å². The molecule has 1 fully saturated rings. The number of hydrogen-bond acceptors (Lipinski definition) is 4. The number of hydrogen-bond donors (Lipinski definition) is 0. The molecule has 0 radical (unpaired) electrons. The standard InChI is InChI=1S/C17H24N4O2/c1-12-14-7-10-21(15(14)19-11-18-12)13-5-8-20(9-6-13)16(22)23-17(2,3)4/h7,10-11,13H,5-6,8-9H2,1-4H3. The molecule has 124 valence electrons. The van der Waals surface area contributed by atoms with Gasteiger partial charge in [0.1, 0.15) is 17.6 Å². The lowest BCUT2D eigenvalue weighted by Gasteiger charge is -2.34. The molecule has 1 aliphatic heterocycles. The largest absolute Gasteiger partial charge is 0.444 e. The van der Waals surface area contributed by atoms with E-state index < -0.39 is 5.60 Å². The van der Waals surface area contributed by atoms with Crippen LogP contribution >= 0.6 is 0 Å². The van der Waals surface area contributed by atoms with Crippen molar-refractivity contribution >= 4 is 17.1 Å². The number of carbonyl (C=O) groups excluding carboxylic acids is 1. The second-order valence-electron chi connectivity index (χ2n) is 7.12. The van der Waals surface area contributed by atoms with Crippen LogP contribution in [0, 0.1) is 6.92 Å². The Bertz CT molecular complexity index is 709. The zero-order valence-electron chi connectivity index (χ0n) is 14.2. The van der Waals surface area contributed by atoms with Crippen molar-refractivity contribution in [1.29, 1.82) is 0 Å². The number of ether oxygens (including phenoxy) is 1. The Morgan fingerprint density at radius 1 is 1.26 bits per heavy atom. The maximum absolute atomic E-state index is 12.1. The van der Waals surface area contributed by atoms with Crippen LogP contribution in [0.25, 0.3) is 11.0 Å². The van der Waals surface area contributed by atoms with Crippen LogP contribution in [-0.4, -0.2) is 44.2 Å². The number of aryl methyl sites for hydroxylation is 1. The highest BCUT2D eigenvalue weighted by molar-refractivity contribution is 5.78. The van der Waals surface area contributed by atoms with E-state index in [4.69, 9.17) is 4.74 Å². The quantitative estimate of drug-likeness (QED) is 0.810. The second-order valence-corrected chi connectivity index (χ2v) is 7.12. The van der Waals surface area contributed by atoms with Gasteiger partial charge >= 0.3 is 6.09 Å². The fraction of sp³-hybridized carbons (Fsp3) is 0.588. The van der Waals surface area contributed by atoms with Gasteiger partial charge in [-0.3, -0.25) is 0 Å². The van der Waals surface area contributed by atoms with Crippen molar-refractivity contribution in [3.63, 3.8) is 0 Å². The Hall–Kier alpha value is -2.11. The van der Waals surface area contributed by atoms with Crippen LogP contribution in [0.4, 0.5) is 4.79 Å². The molecule has 23 heavy (non-hydrogen) atoms. The SMILES string of the molecule is Cc1ncnc2c1ccn2C1CCN(C(=O)OC(C)(C)C)CC1. The summed E-state index contributed by atoms with van der Waals surface area (Å²) >= 11 is 0. The third-order valence-electron chi connectivity index (χ3n) is 4.22. The van der Waals surface area contributed by atoms with Gasteiger partial charge in [0, 0.05) is 30.7 Å². The van der Waals surface area contributed by atoms with E-state index in [1.807, 2.05) is 27.7 Å². The number of likely N-dealkylation sites (tertiary alicyclic amines) is 1. The van der Waals surface area contributed by atoms with Crippen molar-refractivity contribution in [2.24, 2.45) is 0 Å². The van der Waals surface area contributed by atoms with E-state index in [0.29, 0.717) is 19.1 Å². The number of amides is 1. The lowest BCUT2D eigenvalue weighted by Crippen LogP contribution is -2.42. The van der Waals surface area contributed by atoms with Crippen LogP contribution in [0.2, 0.25) is 0 Å². The highest BCUT2D eigenvalue weighted by atomic mass is 16.6. The van der Waals surface area contributed by atoms with E-state index in [1.165, 1.54) is 0 Å². The number of rotatable bonds is 1. The molecule has 0 aliphatic carbocycles. The average molecular weight is 316 g/mol. The zero-order chi connectivity index (χ0) is 16.6. The van der Waals surface area contributed by atoms with Crippen LogP contribution in [-0.2, 0) is 4.74 Å². The van der Waals surface area contributed by atoms with Crippen molar-refractivity contribution < 1.29 is 9.53 Å². The van der Waals surface area contributed by atoms with Gasteiger partial charge < -0.3 is 14.2 Å². The normalized spacial score (nSPS) is 16.8. The summed E-state index contributed by atoms with van der Waals surface area (Å²) in [6.07, 6.45) is 5.30. The molecule has 0 spiro atoms. The molecule has 1 amide bonds. The van der Waals surface area contributed by atoms with Gasteiger partial charge in [0.25, 0.3) is 0 Å². The third kappa shape index (κ3) is 3.30. The maximum atomic E-state index is 12.1. The van der Waals surface area contributed by atoms with Crippen molar-refractivity contribution in [3.05, 3.63) is 24.3 Å². The predicted molar refractivity (Wildman–Crippen MR) is 88.3 cm³/mol. The summed E-state index contributed by atoms with van der Waals surface area (Å²) in [6, 6.07) is 2.44. The van der Waals surface area contributed by atoms with Gasteiger partial charge in [-0.15, -0.1) is 0 Å². The number of piperidine rings is 1. The predicted octanol–water partition coefficient (Wildman–Crippen LogP) is 3.31. The van der Waals surface area contributed by atoms with Gasteiger partial charge in [0.15, 0.2) is 0 Å². The first-order valence-corrected chi connectivity index (χ1v) is 8.11. The van der Waals surface area contributed by atoms with Crippen molar-refractivity contribution in [2.45, 2.75) is 52.2 Å². The molecule has 2 aromatic heterocycles. The highest BCUT2D eigenvalue weighted by Crippen LogP contribution is 2.28. The van der Waals surface area contributed by atoms with E-state index in [9.17, 15) is 4.79 Å². The summed E-state index contributed by atoms with van der Waals surface area (Å²) < 4.78 is 7.67. The van der Waals surface area contributed by atoms with Gasteiger partial charge in [0.2, 0.25) is 0 Å². The van der Waals surface area contributed by atoms with Crippen LogP contribution in [0.3, 0.4) is 0 Å². The molecule has 0 unspecified atom stereocenters. The molecule has 0 saturated carbocycles. The van der Waals surface area contributed by atoms with Gasteiger partial charge in [-0.1, -0.05) is 0 Å². The van der Waals surface area contributed by atoms with Gasteiger partial charge in [-0.25, -0.2) is 14.8 Å². The lowest BCUT2D eigenvalue weighted by atomic mass is 10.1. The molecule has 3 heterocycles. The van der Waals surface area contributed by atoms with E-state index in [0.717, 1.165) is 29.6 Å². The average Bonchev–Trinajstić information content (AvgIpc) is 2.91. The second kappa shape index (κ2) is 5.83. The summed E-state index contributed by atoms with van der Waals surface area (Å²) in [6.45, 7) is 9.11. The fourth-order valence-electron chi connectivity index (χ4n) is 3.05. The number of fused-ring (bicyclic) bond motifs is 1. The molecule has 0 bridgehead atoms. The molecule has 1 saturated heterocycles. The monoisotopic (exact) mass is 316 g/mol. The molecule has 6 heteroatoms. The third-order valence-corrected chi connectivity index (χ3v) is 4.22. The minimum atomic E-state index is -0.445. The maximum Gasteiger partial charge on any atom is 0.410 e. The summed E-state index contributed by atoms with van der Waals surface area (Å²) in [5.74, 6) is 0. The first-order chi connectivity index (χ1) is 10.8. The highest BCUT2D eigenvalue weighted by Gasteiger charge is 2.28. The smallest absolute Gasteiger partial charge is 0.410 e. The van der Waals surface area contributed by atoms with E-state index in [1.54, 1.807) is 11.2 Å². The summed E-state index contributed by atoms with van der Waals surface area (Å²) in [7, 11) is 0. The molecular weight excluding hydrogens is 292 g/mol. The zero-order valence-corrected chi connectivity index (χ0v) is 14.2. The van der Waals surface area contributed by atoms with Gasteiger partial charge in [0.05, 0.1) is 5.69 Å². The molecule has 1 aliphatic rings. The fourth-order valence-corrected chi connectivity index (χ4v) is 3.05. The molecule has 0 atom stereocenters. The molecule has 0 aromatic carbocycles. The number of aromatic nitrogens is 3. The van der Waals surface area contributed by atoms with Crippen LogP contribution in [0.1, 0.15) is 45.3 Å². The van der Waals surface area contributed by atoms with E-state index >= 15 is 0 Å². The number of nitrogens with zero attached hydrogens (tertiary/aromatic N) is 4. The lowest BCUT2D eigenvalue weighted by molar-refractivity contribution is 0.0189. The Morgan fingerprint density at radius 3 is 2.61 bits per heavy atom. The van der Waals surface area contributed by atoms with Gasteiger partial charge in [-0.05, 0) is 46.6 Å². The minimum absolute atomic E-state index is 0.216. The molecule has 6 nitrogen and oxygen atoms in total. The summed E-state index contributed by atoms with van der Waals surface area (Å²) in [5.41, 5.74) is 1.53. The minimum Gasteiger partial charge on any atom is -0.444 e. The van der Waals surface area contributed by atoms with Crippen LogP contribution in [0.5, 0.6) is 0 Å². The summed E-state index contributed by atoms with van der Waals surface area (Å²) in [5, 5.41) is 1.10. The van der Waals surface area contributed by atoms with Crippen LogP contribution < -0.4 is 0 Å². The van der Waals surface area contributed by atoms with E-state index in [2.05, 4.69) is 26.8 Å². The number of carbonyl (C=O) groups is 1. The van der Waals surface area contributed by atoms with Crippen molar-refractivity contribution in [3.8, 4) is 0 Å². The Balaban J connectivity index is 1.69. The van der Waals surface area contributed by atoms with Crippen molar-refractivity contribution in [2.75, 3.05) is 13.1 Å². The molecule has 2 aromatic rings. The Kier molecular flexibility index (Phi) is 4.00. The first kappa shape index (κ1) is 15.8. The Morgan fingerprint density at radius 2 is 1.96 bits per heavy atom. The van der Waals surface area contributed by atoms with Crippen LogP contribution in [0.15, 0.2) is 18.6 Å². The molecule has 0 N–H and O–H groups in total. The molecule has 3 rings (SSSR count).